The zero-order valence-corrected chi connectivity index (χ0v) is 14.4. The third-order valence-electron chi connectivity index (χ3n) is 4.80. The van der Waals surface area contributed by atoms with Crippen LogP contribution in [0.1, 0.15) is 32.1 Å². The normalized spacial score (nSPS) is 15.2. The molecule has 0 amide bonds. The largest absolute Gasteiger partial charge is 0.482 e. The number of benzene rings is 2. The van der Waals surface area contributed by atoms with Gasteiger partial charge in [0.1, 0.15) is 17.4 Å². The number of rotatable bonds is 4. The molecule has 1 aliphatic rings. The van der Waals surface area contributed by atoms with Crippen LogP contribution in [0, 0.1) is 0 Å². The highest BCUT2D eigenvalue weighted by molar-refractivity contribution is 6.04. The molecule has 1 aromatic heterocycles. The molecule has 5 nitrogen and oxygen atoms in total. The predicted octanol–water partition coefficient (Wildman–Crippen LogP) is 4.20. The van der Waals surface area contributed by atoms with Crippen LogP contribution in [0.5, 0.6) is 5.75 Å². The van der Waals surface area contributed by atoms with E-state index in [1.54, 1.807) is 24.3 Å². The first-order valence-electron chi connectivity index (χ1n) is 8.98. The van der Waals surface area contributed by atoms with Gasteiger partial charge in [-0.1, -0.05) is 24.6 Å². The third kappa shape index (κ3) is 3.43. The van der Waals surface area contributed by atoms with Crippen LogP contribution in [0.25, 0.3) is 21.7 Å². The highest BCUT2D eigenvalue weighted by Crippen LogP contribution is 2.26. The Morgan fingerprint density at radius 3 is 2.58 bits per heavy atom. The third-order valence-corrected chi connectivity index (χ3v) is 4.80. The molecular formula is C21H20O5. The average molecular weight is 352 g/mol. The molecule has 0 radical (unpaired) electrons. The van der Waals surface area contributed by atoms with Gasteiger partial charge in [-0.2, -0.15) is 0 Å². The van der Waals surface area contributed by atoms with Gasteiger partial charge in [-0.05, 0) is 49.3 Å². The highest BCUT2D eigenvalue weighted by Gasteiger charge is 2.18. The van der Waals surface area contributed by atoms with Crippen molar-refractivity contribution in [1.29, 1.82) is 0 Å². The average Bonchev–Trinajstić information content (AvgIpc) is 2.67. The van der Waals surface area contributed by atoms with Crippen LogP contribution in [-0.4, -0.2) is 18.7 Å². The summed E-state index contributed by atoms with van der Waals surface area (Å²) in [6.07, 6.45) is 5.30. The number of ether oxygens (including phenoxy) is 2. The summed E-state index contributed by atoms with van der Waals surface area (Å²) in [5.74, 6) is 0.105. The molecule has 4 rings (SSSR count). The molecule has 0 bridgehead atoms. The van der Waals surface area contributed by atoms with E-state index in [1.807, 2.05) is 18.2 Å². The molecule has 3 aromatic rings. The minimum atomic E-state index is -0.387. The van der Waals surface area contributed by atoms with E-state index in [9.17, 15) is 9.59 Å². The molecule has 134 valence electrons. The minimum Gasteiger partial charge on any atom is -0.482 e. The van der Waals surface area contributed by atoms with E-state index >= 15 is 0 Å². The van der Waals surface area contributed by atoms with Gasteiger partial charge >= 0.3 is 11.6 Å². The van der Waals surface area contributed by atoms with Crippen LogP contribution in [0.2, 0.25) is 0 Å². The van der Waals surface area contributed by atoms with Crippen LogP contribution in [0.15, 0.2) is 51.7 Å². The van der Waals surface area contributed by atoms with E-state index in [0.29, 0.717) is 16.7 Å². The first kappa shape index (κ1) is 16.6. The highest BCUT2D eigenvalue weighted by atomic mass is 16.6. The topological polar surface area (TPSA) is 65.7 Å². The van der Waals surface area contributed by atoms with Gasteiger partial charge in [0.15, 0.2) is 6.61 Å². The van der Waals surface area contributed by atoms with Crippen molar-refractivity contribution in [3.8, 4) is 5.75 Å². The van der Waals surface area contributed by atoms with Gasteiger partial charge in [0.25, 0.3) is 0 Å². The minimum absolute atomic E-state index is 0.0147. The van der Waals surface area contributed by atoms with Gasteiger partial charge < -0.3 is 13.9 Å². The lowest BCUT2D eigenvalue weighted by Gasteiger charge is -2.21. The summed E-state index contributed by atoms with van der Waals surface area (Å²) in [6, 6.07) is 12.6. The Bertz CT molecular complexity index is 998. The zero-order valence-electron chi connectivity index (χ0n) is 14.4. The molecule has 26 heavy (non-hydrogen) atoms. The second-order valence-electron chi connectivity index (χ2n) is 6.63. The Kier molecular flexibility index (Phi) is 4.61. The van der Waals surface area contributed by atoms with E-state index in [1.165, 1.54) is 6.42 Å². The molecule has 0 aliphatic heterocycles. The summed E-state index contributed by atoms with van der Waals surface area (Å²) in [5.41, 5.74) is 0.0498. The van der Waals surface area contributed by atoms with Gasteiger partial charge in [-0.3, -0.25) is 0 Å². The summed E-state index contributed by atoms with van der Waals surface area (Å²) in [4.78, 5) is 24.1. The standard InChI is InChI=1S/C21H20O5/c22-20(25-14-6-2-1-3-7-14)13-24-15-10-11-17-16-8-4-5-9-18(16)21(23)26-19(17)12-15/h4-5,8-12,14H,1-3,6-7,13H2. The molecule has 1 fully saturated rings. The van der Waals surface area contributed by atoms with E-state index < -0.39 is 0 Å². The second-order valence-corrected chi connectivity index (χ2v) is 6.63. The van der Waals surface area contributed by atoms with Crippen LogP contribution in [0.4, 0.5) is 0 Å². The molecule has 5 heteroatoms. The van der Waals surface area contributed by atoms with Crippen molar-refractivity contribution >= 4 is 27.7 Å². The number of hydrogen-bond acceptors (Lipinski definition) is 5. The first-order valence-corrected chi connectivity index (χ1v) is 8.98. The van der Waals surface area contributed by atoms with Crippen LogP contribution >= 0.6 is 0 Å². The molecule has 0 spiro atoms. The number of carbonyl (C=O) groups excluding carboxylic acids is 1. The predicted molar refractivity (Wildman–Crippen MR) is 98.5 cm³/mol. The number of esters is 1. The molecule has 0 N–H and O–H groups in total. The maximum atomic E-state index is 12.1. The van der Waals surface area contributed by atoms with Crippen molar-refractivity contribution in [2.24, 2.45) is 0 Å². The molecule has 1 aliphatic carbocycles. The van der Waals surface area contributed by atoms with E-state index in [0.717, 1.165) is 36.5 Å². The Labute approximate surface area is 150 Å². The van der Waals surface area contributed by atoms with Crippen LogP contribution < -0.4 is 10.4 Å². The van der Waals surface area contributed by atoms with Gasteiger partial charge in [0, 0.05) is 11.5 Å². The van der Waals surface area contributed by atoms with E-state index in [2.05, 4.69) is 0 Å². The molecule has 1 heterocycles. The Morgan fingerprint density at radius 2 is 1.77 bits per heavy atom. The van der Waals surface area contributed by atoms with Crippen molar-refractivity contribution in [2.75, 3.05) is 6.61 Å². The summed E-state index contributed by atoms with van der Waals surface area (Å²) in [5, 5.41) is 2.21. The fourth-order valence-corrected chi connectivity index (χ4v) is 3.50. The Hall–Kier alpha value is -2.82. The Balaban J connectivity index is 1.50. The van der Waals surface area contributed by atoms with E-state index in [-0.39, 0.29) is 24.3 Å². The number of fused-ring (bicyclic) bond motifs is 3. The van der Waals surface area contributed by atoms with Crippen molar-refractivity contribution in [3.05, 3.63) is 52.9 Å². The second kappa shape index (κ2) is 7.20. The number of carbonyl (C=O) groups is 1. The maximum absolute atomic E-state index is 12.1. The lowest BCUT2D eigenvalue weighted by atomic mass is 9.98. The molecular weight excluding hydrogens is 332 g/mol. The summed E-state index contributed by atoms with van der Waals surface area (Å²) >= 11 is 0. The lowest BCUT2D eigenvalue weighted by molar-refractivity contribution is -0.152. The van der Waals surface area contributed by atoms with Crippen LogP contribution in [-0.2, 0) is 9.53 Å². The zero-order chi connectivity index (χ0) is 17.9. The lowest BCUT2D eigenvalue weighted by Crippen LogP contribution is -2.24. The summed E-state index contributed by atoms with van der Waals surface area (Å²) in [7, 11) is 0. The van der Waals surface area contributed by atoms with Gasteiger partial charge in [-0.25, -0.2) is 9.59 Å². The monoisotopic (exact) mass is 352 g/mol. The van der Waals surface area contributed by atoms with Gasteiger partial charge in [0.2, 0.25) is 0 Å². The van der Waals surface area contributed by atoms with Crippen LogP contribution in [0.3, 0.4) is 0 Å². The van der Waals surface area contributed by atoms with Crippen molar-refractivity contribution in [1.82, 2.24) is 0 Å². The van der Waals surface area contributed by atoms with E-state index in [4.69, 9.17) is 13.9 Å². The summed E-state index contributed by atoms with van der Waals surface area (Å²) < 4.78 is 16.4. The van der Waals surface area contributed by atoms with Gasteiger partial charge in [0.05, 0.1) is 5.39 Å². The Morgan fingerprint density at radius 1 is 1.00 bits per heavy atom. The molecule has 0 unspecified atom stereocenters. The maximum Gasteiger partial charge on any atom is 0.344 e. The SMILES string of the molecule is O=C(COc1ccc2c(c1)oc(=O)c1ccccc12)OC1CCCCC1. The smallest absolute Gasteiger partial charge is 0.344 e. The molecule has 0 saturated heterocycles. The molecule has 2 aromatic carbocycles. The molecule has 0 atom stereocenters. The summed E-state index contributed by atoms with van der Waals surface area (Å²) in [6.45, 7) is -0.153. The number of hydrogen-bond donors (Lipinski definition) is 0. The molecule has 1 saturated carbocycles. The fraction of sp³-hybridized carbons (Fsp3) is 0.333. The van der Waals surface area contributed by atoms with Crippen molar-refractivity contribution in [3.63, 3.8) is 0 Å². The van der Waals surface area contributed by atoms with Crippen molar-refractivity contribution in [2.45, 2.75) is 38.2 Å². The first-order chi connectivity index (χ1) is 12.7. The van der Waals surface area contributed by atoms with Crippen molar-refractivity contribution < 1.29 is 18.7 Å². The quantitative estimate of drug-likeness (QED) is 0.400. The van der Waals surface area contributed by atoms with Gasteiger partial charge in [-0.15, -0.1) is 0 Å². The fourth-order valence-electron chi connectivity index (χ4n) is 3.50.